The molecule has 3 rings (SSSR count). The number of aromatic nitrogens is 1. The fraction of sp³-hybridized carbons (Fsp3) is 0.308. The average molecular weight is 263 g/mol. The maximum atomic E-state index is 13.0. The van der Waals surface area contributed by atoms with Crippen LogP contribution in [0.1, 0.15) is 17.2 Å². The molecule has 3 N–H and O–H groups in total. The van der Waals surface area contributed by atoms with E-state index in [4.69, 9.17) is 5.73 Å². The number of nitrogens with one attached hydrogen (secondary N) is 1. The maximum Gasteiger partial charge on any atom is 0.180 e. The van der Waals surface area contributed by atoms with E-state index in [-0.39, 0.29) is 5.82 Å². The van der Waals surface area contributed by atoms with Gasteiger partial charge in [0.25, 0.3) is 0 Å². The van der Waals surface area contributed by atoms with E-state index >= 15 is 0 Å². The van der Waals surface area contributed by atoms with Crippen molar-refractivity contribution >= 4 is 16.5 Å². The van der Waals surface area contributed by atoms with E-state index in [9.17, 15) is 4.39 Å². The first kappa shape index (κ1) is 11.6. The van der Waals surface area contributed by atoms with Crippen molar-refractivity contribution in [3.8, 4) is 11.3 Å². The van der Waals surface area contributed by atoms with Crippen LogP contribution in [-0.2, 0) is 0 Å². The van der Waals surface area contributed by atoms with Crippen LogP contribution in [0, 0.1) is 5.82 Å². The molecule has 1 aliphatic heterocycles. The van der Waals surface area contributed by atoms with Crippen LogP contribution in [0.5, 0.6) is 0 Å². The Labute approximate surface area is 109 Å². The second-order valence-electron chi connectivity index (χ2n) is 4.46. The van der Waals surface area contributed by atoms with Gasteiger partial charge in [0.05, 0.1) is 5.69 Å². The normalized spacial score (nSPS) is 19.3. The predicted molar refractivity (Wildman–Crippen MR) is 72.1 cm³/mol. The van der Waals surface area contributed by atoms with Crippen LogP contribution in [0.3, 0.4) is 0 Å². The number of nitrogens with zero attached hydrogens (tertiary/aromatic N) is 1. The van der Waals surface area contributed by atoms with Gasteiger partial charge in [-0.1, -0.05) is 0 Å². The van der Waals surface area contributed by atoms with Gasteiger partial charge >= 0.3 is 0 Å². The molecule has 0 spiro atoms. The number of hydrogen-bond acceptors (Lipinski definition) is 4. The molecule has 1 aromatic carbocycles. The first-order valence-corrected chi connectivity index (χ1v) is 6.78. The van der Waals surface area contributed by atoms with Gasteiger partial charge in [-0.25, -0.2) is 9.37 Å². The van der Waals surface area contributed by atoms with Crippen LogP contribution < -0.4 is 11.1 Å². The predicted octanol–water partition coefficient (Wildman–Crippen LogP) is 2.61. The van der Waals surface area contributed by atoms with Gasteiger partial charge in [-0.05, 0) is 37.2 Å². The van der Waals surface area contributed by atoms with Gasteiger partial charge in [0.15, 0.2) is 5.13 Å². The lowest BCUT2D eigenvalue weighted by molar-refractivity contribution is 0.628. The summed E-state index contributed by atoms with van der Waals surface area (Å²) < 4.78 is 13.0. The van der Waals surface area contributed by atoms with Crippen molar-refractivity contribution in [1.82, 2.24) is 10.3 Å². The van der Waals surface area contributed by atoms with E-state index in [0.717, 1.165) is 30.8 Å². The molecular weight excluding hydrogens is 249 g/mol. The van der Waals surface area contributed by atoms with Gasteiger partial charge in [-0.3, -0.25) is 0 Å². The fourth-order valence-electron chi connectivity index (χ4n) is 2.32. The Balaban J connectivity index is 2.02. The highest BCUT2D eigenvalue weighted by atomic mass is 32.1. The Morgan fingerprint density at radius 2 is 2.11 bits per heavy atom. The maximum absolute atomic E-state index is 13.0. The zero-order valence-corrected chi connectivity index (χ0v) is 10.6. The molecule has 18 heavy (non-hydrogen) atoms. The minimum Gasteiger partial charge on any atom is -0.375 e. The summed E-state index contributed by atoms with van der Waals surface area (Å²) in [6.45, 7) is 2.00. The molecule has 0 radical (unpaired) electrons. The number of rotatable bonds is 2. The van der Waals surface area contributed by atoms with Crippen LogP contribution in [0.25, 0.3) is 11.3 Å². The third-order valence-corrected chi connectivity index (χ3v) is 4.27. The smallest absolute Gasteiger partial charge is 0.180 e. The number of nitrogen functional groups attached to an aromatic ring is 1. The van der Waals surface area contributed by atoms with E-state index in [1.165, 1.54) is 17.0 Å². The van der Waals surface area contributed by atoms with Crippen LogP contribution in [0.4, 0.5) is 9.52 Å². The van der Waals surface area contributed by atoms with Gasteiger partial charge in [0.1, 0.15) is 5.82 Å². The van der Waals surface area contributed by atoms with Crippen molar-refractivity contribution in [3.63, 3.8) is 0 Å². The number of halogens is 1. The molecule has 0 amide bonds. The zero-order chi connectivity index (χ0) is 12.5. The fourth-order valence-corrected chi connectivity index (χ4v) is 3.31. The molecule has 0 aliphatic carbocycles. The third-order valence-electron chi connectivity index (χ3n) is 3.22. The highest BCUT2D eigenvalue weighted by Gasteiger charge is 2.23. The first-order valence-electron chi connectivity index (χ1n) is 5.97. The van der Waals surface area contributed by atoms with Crippen molar-refractivity contribution < 1.29 is 4.39 Å². The number of nitrogens with two attached hydrogens (primary N) is 1. The lowest BCUT2D eigenvalue weighted by Gasteiger charge is -2.08. The van der Waals surface area contributed by atoms with Crippen LogP contribution in [0.2, 0.25) is 0 Å². The standard InChI is InChI=1S/C13H14FN3S/c14-10-3-1-8(2-4-10)11-12(18-13(15)17-11)9-5-6-16-7-9/h1-4,9,16H,5-7H2,(H2,15,17). The summed E-state index contributed by atoms with van der Waals surface area (Å²) in [5.74, 6) is 0.242. The van der Waals surface area contributed by atoms with Crippen molar-refractivity contribution in [2.45, 2.75) is 12.3 Å². The van der Waals surface area contributed by atoms with Crippen LogP contribution >= 0.6 is 11.3 Å². The Hall–Kier alpha value is -1.46. The van der Waals surface area contributed by atoms with E-state index in [0.29, 0.717) is 11.0 Å². The molecule has 1 fully saturated rings. The molecule has 1 unspecified atom stereocenters. The number of anilines is 1. The second-order valence-corrected chi connectivity index (χ2v) is 5.52. The van der Waals surface area contributed by atoms with Crippen molar-refractivity contribution in [2.24, 2.45) is 0 Å². The lowest BCUT2D eigenvalue weighted by atomic mass is 10.0. The average Bonchev–Trinajstić information content (AvgIpc) is 2.98. The highest BCUT2D eigenvalue weighted by molar-refractivity contribution is 7.15. The van der Waals surface area contributed by atoms with Gasteiger partial charge < -0.3 is 11.1 Å². The van der Waals surface area contributed by atoms with E-state index < -0.39 is 0 Å². The number of benzene rings is 1. The molecule has 0 saturated carbocycles. The number of hydrogen-bond donors (Lipinski definition) is 2. The van der Waals surface area contributed by atoms with Gasteiger partial charge in [-0.2, -0.15) is 0 Å². The molecule has 1 aliphatic rings. The molecule has 0 bridgehead atoms. The lowest BCUT2D eigenvalue weighted by Crippen LogP contribution is -2.07. The van der Waals surface area contributed by atoms with E-state index in [1.54, 1.807) is 23.5 Å². The van der Waals surface area contributed by atoms with E-state index in [2.05, 4.69) is 10.3 Å². The minimum absolute atomic E-state index is 0.231. The molecule has 5 heteroatoms. The number of thiazole rings is 1. The van der Waals surface area contributed by atoms with Crippen molar-refractivity contribution in [3.05, 3.63) is 35.0 Å². The summed E-state index contributed by atoms with van der Waals surface area (Å²) in [4.78, 5) is 5.61. The van der Waals surface area contributed by atoms with Crippen LogP contribution in [-0.4, -0.2) is 18.1 Å². The summed E-state index contributed by atoms with van der Waals surface area (Å²) in [5, 5.41) is 3.93. The van der Waals surface area contributed by atoms with Gasteiger partial charge in [-0.15, -0.1) is 11.3 Å². The molecule has 1 saturated heterocycles. The Morgan fingerprint density at radius 3 is 2.78 bits per heavy atom. The largest absolute Gasteiger partial charge is 0.375 e. The zero-order valence-electron chi connectivity index (χ0n) is 9.82. The van der Waals surface area contributed by atoms with Gasteiger partial charge in [0, 0.05) is 22.9 Å². The van der Waals surface area contributed by atoms with Gasteiger partial charge in [0.2, 0.25) is 0 Å². The Bertz CT molecular complexity index is 544. The monoisotopic (exact) mass is 263 g/mol. The summed E-state index contributed by atoms with van der Waals surface area (Å²) in [6.07, 6.45) is 1.11. The second kappa shape index (κ2) is 4.66. The Kier molecular flexibility index (Phi) is 3.01. The topological polar surface area (TPSA) is 50.9 Å². The summed E-state index contributed by atoms with van der Waals surface area (Å²) in [7, 11) is 0. The quantitative estimate of drug-likeness (QED) is 0.875. The summed E-state index contributed by atoms with van der Waals surface area (Å²) >= 11 is 1.54. The first-order chi connectivity index (χ1) is 8.74. The molecule has 1 aromatic heterocycles. The molecule has 2 heterocycles. The minimum atomic E-state index is -0.231. The highest BCUT2D eigenvalue weighted by Crippen LogP contribution is 2.37. The molecule has 2 aromatic rings. The SMILES string of the molecule is Nc1nc(-c2ccc(F)cc2)c(C2CCNC2)s1. The Morgan fingerprint density at radius 1 is 1.33 bits per heavy atom. The summed E-state index contributed by atoms with van der Waals surface area (Å²) in [5.41, 5.74) is 7.67. The molecule has 3 nitrogen and oxygen atoms in total. The molecule has 94 valence electrons. The van der Waals surface area contributed by atoms with E-state index in [1.807, 2.05) is 0 Å². The third kappa shape index (κ3) is 2.11. The van der Waals surface area contributed by atoms with Crippen molar-refractivity contribution in [2.75, 3.05) is 18.8 Å². The summed E-state index contributed by atoms with van der Waals surface area (Å²) in [6, 6.07) is 6.44. The van der Waals surface area contributed by atoms with Crippen molar-refractivity contribution in [1.29, 1.82) is 0 Å². The molecular formula is C13H14FN3S. The van der Waals surface area contributed by atoms with Crippen LogP contribution in [0.15, 0.2) is 24.3 Å². The molecule has 1 atom stereocenters.